The van der Waals surface area contributed by atoms with Crippen molar-refractivity contribution in [2.45, 2.75) is 4.90 Å². The van der Waals surface area contributed by atoms with Crippen molar-refractivity contribution in [1.82, 2.24) is 10.9 Å². The maximum atomic E-state index is 13.4. The van der Waals surface area contributed by atoms with Gasteiger partial charge in [0.1, 0.15) is 5.82 Å². The van der Waals surface area contributed by atoms with E-state index >= 15 is 0 Å². The molecule has 0 bridgehead atoms. The number of amides is 2. The van der Waals surface area contributed by atoms with E-state index in [1.165, 1.54) is 12.1 Å². The van der Waals surface area contributed by atoms with Gasteiger partial charge in [0.25, 0.3) is 5.91 Å². The predicted molar refractivity (Wildman–Crippen MR) is 84.2 cm³/mol. The number of hydrogen-bond donors (Lipinski definition) is 2. The van der Waals surface area contributed by atoms with Crippen LogP contribution in [-0.4, -0.2) is 17.6 Å². The third-order valence-electron chi connectivity index (χ3n) is 2.63. The Balaban J connectivity index is 1.82. The Morgan fingerprint density at radius 1 is 1.05 bits per heavy atom. The fraction of sp³-hybridized carbons (Fsp3) is 0.0667. The Bertz CT molecular complexity index is 697. The van der Waals surface area contributed by atoms with Crippen LogP contribution in [0.3, 0.4) is 0 Å². The number of hydrazine groups is 1. The minimum Gasteiger partial charge on any atom is -0.272 e. The first-order chi connectivity index (χ1) is 10.6. The molecule has 0 aliphatic heterocycles. The lowest BCUT2D eigenvalue weighted by Gasteiger charge is -2.08. The molecular weight excluding hydrogens is 327 g/mol. The minimum absolute atomic E-state index is 0.0241. The predicted octanol–water partition coefficient (Wildman–Crippen LogP) is 3.03. The van der Waals surface area contributed by atoms with Crippen molar-refractivity contribution >= 4 is 35.2 Å². The van der Waals surface area contributed by atoms with Crippen LogP contribution in [0.5, 0.6) is 0 Å². The monoisotopic (exact) mass is 338 g/mol. The smallest absolute Gasteiger partial charge is 0.271 e. The van der Waals surface area contributed by atoms with Gasteiger partial charge in [-0.25, -0.2) is 4.39 Å². The molecule has 2 rings (SSSR count). The first-order valence-corrected chi connectivity index (χ1v) is 7.65. The molecule has 0 unspecified atom stereocenters. The number of carbonyl (C=O) groups is 2. The van der Waals surface area contributed by atoms with Gasteiger partial charge in [-0.1, -0.05) is 35.9 Å². The molecule has 0 heterocycles. The van der Waals surface area contributed by atoms with Gasteiger partial charge in [-0.3, -0.25) is 20.4 Å². The molecule has 2 N–H and O–H groups in total. The molecule has 7 heteroatoms. The third-order valence-corrected chi connectivity index (χ3v) is 4.01. The molecule has 0 aliphatic rings. The second-order valence-corrected chi connectivity index (χ2v) is 5.63. The van der Waals surface area contributed by atoms with E-state index in [4.69, 9.17) is 11.6 Å². The highest BCUT2D eigenvalue weighted by atomic mass is 35.5. The Morgan fingerprint density at radius 2 is 1.73 bits per heavy atom. The van der Waals surface area contributed by atoms with Gasteiger partial charge in [0.2, 0.25) is 5.91 Å². The number of benzene rings is 2. The molecule has 114 valence electrons. The van der Waals surface area contributed by atoms with E-state index in [0.717, 1.165) is 11.8 Å². The van der Waals surface area contributed by atoms with E-state index in [9.17, 15) is 14.0 Å². The van der Waals surface area contributed by atoms with Crippen LogP contribution in [0.25, 0.3) is 0 Å². The van der Waals surface area contributed by atoms with Gasteiger partial charge < -0.3 is 0 Å². The quantitative estimate of drug-likeness (QED) is 0.665. The van der Waals surface area contributed by atoms with E-state index in [1.807, 2.05) is 0 Å². The van der Waals surface area contributed by atoms with E-state index in [2.05, 4.69) is 10.9 Å². The third kappa shape index (κ3) is 4.47. The molecule has 0 fully saturated rings. The summed E-state index contributed by atoms with van der Waals surface area (Å²) in [4.78, 5) is 23.8. The molecule has 0 atom stereocenters. The summed E-state index contributed by atoms with van der Waals surface area (Å²) in [7, 11) is 0. The highest BCUT2D eigenvalue weighted by molar-refractivity contribution is 8.00. The van der Waals surface area contributed by atoms with Crippen molar-refractivity contribution in [1.29, 1.82) is 0 Å². The average molecular weight is 339 g/mol. The van der Waals surface area contributed by atoms with Crippen molar-refractivity contribution in [2.75, 3.05) is 5.75 Å². The van der Waals surface area contributed by atoms with Crippen LogP contribution in [0.15, 0.2) is 53.4 Å². The highest BCUT2D eigenvalue weighted by Crippen LogP contribution is 2.20. The van der Waals surface area contributed by atoms with E-state index in [1.54, 1.807) is 36.4 Å². The van der Waals surface area contributed by atoms with Crippen LogP contribution in [0.1, 0.15) is 10.4 Å². The van der Waals surface area contributed by atoms with Crippen LogP contribution in [0.4, 0.5) is 4.39 Å². The van der Waals surface area contributed by atoms with E-state index in [-0.39, 0.29) is 22.2 Å². The molecule has 0 radical (unpaired) electrons. The molecule has 2 amide bonds. The van der Waals surface area contributed by atoms with Gasteiger partial charge in [-0.05, 0) is 24.3 Å². The van der Waals surface area contributed by atoms with Crippen molar-refractivity contribution in [3.63, 3.8) is 0 Å². The first kappa shape index (κ1) is 16.3. The largest absolute Gasteiger partial charge is 0.272 e. The second-order valence-electron chi connectivity index (χ2n) is 4.20. The number of rotatable bonds is 4. The zero-order valence-electron chi connectivity index (χ0n) is 11.3. The Labute approximate surface area is 136 Å². The minimum atomic E-state index is -0.519. The number of nitrogens with one attached hydrogen (secondary N) is 2. The molecule has 2 aromatic rings. The van der Waals surface area contributed by atoms with Gasteiger partial charge in [0.15, 0.2) is 0 Å². The fourth-order valence-electron chi connectivity index (χ4n) is 1.58. The van der Waals surface area contributed by atoms with Crippen molar-refractivity contribution in [2.24, 2.45) is 0 Å². The van der Waals surface area contributed by atoms with Gasteiger partial charge >= 0.3 is 0 Å². The van der Waals surface area contributed by atoms with Crippen molar-refractivity contribution in [3.05, 3.63) is 64.9 Å². The summed E-state index contributed by atoms with van der Waals surface area (Å²) in [6.07, 6.45) is 0. The van der Waals surface area contributed by atoms with Gasteiger partial charge in [-0.2, -0.15) is 0 Å². The van der Waals surface area contributed by atoms with Gasteiger partial charge in [-0.15, -0.1) is 11.8 Å². The SMILES string of the molecule is O=C(CSc1ccccc1F)NNC(=O)c1ccccc1Cl. The van der Waals surface area contributed by atoms with Crippen molar-refractivity contribution < 1.29 is 14.0 Å². The number of carbonyl (C=O) groups excluding carboxylic acids is 2. The zero-order valence-corrected chi connectivity index (χ0v) is 12.9. The Hall–Kier alpha value is -2.05. The van der Waals surface area contributed by atoms with E-state index in [0.29, 0.717) is 4.90 Å². The molecule has 0 aliphatic carbocycles. The molecular formula is C15H12ClFN2O2S. The first-order valence-electron chi connectivity index (χ1n) is 6.29. The Kier molecular flexibility index (Phi) is 5.80. The topological polar surface area (TPSA) is 58.2 Å². The number of hydrogen-bond acceptors (Lipinski definition) is 3. The lowest BCUT2D eigenvalue weighted by Crippen LogP contribution is -2.42. The van der Waals surface area contributed by atoms with Crippen LogP contribution in [0, 0.1) is 5.82 Å². The molecule has 0 aromatic heterocycles. The van der Waals surface area contributed by atoms with Crippen LogP contribution < -0.4 is 10.9 Å². The molecule has 4 nitrogen and oxygen atoms in total. The number of halogens is 2. The van der Waals surface area contributed by atoms with Gasteiger partial charge in [0, 0.05) is 4.90 Å². The van der Waals surface area contributed by atoms with E-state index < -0.39 is 11.8 Å². The lowest BCUT2D eigenvalue weighted by atomic mass is 10.2. The summed E-state index contributed by atoms with van der Waals surface area (Å²) in [6.45, 7) is 0. The molecule has 0 saturated heterocycles. The number of thioether (sulfide) groups is 1. The summed E-state index contributed by atoms with van der Waals surface area (Å²) in [5.74, 6) is -1.38. The molecule has 2 aromatic carbocycles. The normalized spacial score (nSPS) is 10.1. The molecule has 0 spiro atoms. The molecule has 0 saturated carbocycles. The van der Waals surface area contributed by atoms with Crippen molar-refractivity contribution in [3.8, 4) is 0 Å². The summed E-state index contributed by atoms with van der Waals surface area (Å²) in [5, 5.41) is 0.287. The average Bonchev–Trinajstić information content (AvgIpc) is 2.52. The van der Waals surface area contributed by atoms with Gasteiger partial charge in [0.05, 0.1) is 16.3 Å². The summed E-state index contributed by atoms with van der Waals surface area (Å²) in [5.41, 5.74) is 4.77. The summed E-state index contributed by atoms with van der Waals surface area (Å²) in [6, 6.07) is 12.6. The second kappa shape index (κ2) is 7.82. The Morgan fingerprint density at radius 3 is 2.45 bits per heavy atom. The lowest BCUT2D eigenvalue weighted by molar-refractivity contribution is -0.119. The zero-order chi connectivity index (χ0) is 15.9. The maximum Gasteiger partial charge on any atom is 0.271 e. The summed E-state index contributed by atoms with van der Waals surface area (Å²) >= 11 is 6.92. The summed E-state index contributed by atoms with van der Waals surface area (Å²) < 4.78 is 13.4. The fourth-order valence-corrected chi connectivity index (χ4v) is 2.54. The van der Waals surface area contributed by atoms with Crippen LogP contribution >= 0.6 is 23.4 Å². The maximum absolute atomic E-state index is 13.4. The van der Waals surface area contributed by atoms with Crippen LogP contribution in [-0.2, 0) is 4.79 Å². The standard InChI is InChI=1S/C15H12ClFN2O2S/c16-11-6-2-1-5-10(11)15(21)19-18-14(20)9-22-13-8-4-3-7-12(13)17/h1-8H,9H2,(H,18,20)(H,19,21). The highest BCUT2D eigenvalue weighted by Gasteiger charge is 2.11. The van der Waals surface area contributed by atoms with Crippen LogP contribution in [0.2, 0.25) is 5.02 Å². The molecule has 22 heavy (non-hydrogen) atoms.